The summed E-state index contributed by atoms with van der Waals surface area (Å²) in [7, 11) is 0. The molecule has 0 amide bonds. The molecule has 1 aliphatic heterocycles. The Labute approximate surface area is 120 Å². The van der Waals surface area contributed by atoms with Crippen LogP contribution in [0, 0.1) is 0 Å². The third-order valence-corrected chi connectivity index (χ3v) is 2.72. The Morgan fingerprint density at radius 2 is 1.50 bits per heavy atom. The quantitative estimate of drug-likeness (QED) is 0.761. The maximum absolute atomic E-state index is 13.1. The van der Waals surface area contributed by atoms with E-state index >= 15 is 0 Å². The van der Waals surface area contributed by atoms with Crippen molar-refractivity contribution in [3.05, 3.63) is 48.6 Å². The van der Waals surface area contributed by atoms with Gasteiger partial charge in [0.25, 0.3) is 0 Å². The SMILES string of the molecule is C=CC1=NC(C(F)(F)F)(C(F)(F)F)N=C(c2ccccc2)O1. The molecule has 9 heteroatoms. The van der Waals surface area contributed by atoms with Crippen LogP contribution in [0.15, 0.2) is 53.0 Å². The Morgan fingerprint density at radius 1 is 0.955 bits per heavy atom. The summed E-state index contributed by atoms with van der Waals surface area (Å²) in [6.07, 6.45) is -10.9. The molecule has 118 valence electrons. The zero-order valence-corrected chi connectivity index (χ0v) is 10.7. The van der Waals surface area contributed by atoms with Gasteiger partial charge >= 0.3 is 18.0 Å². The average Bonchev–Trinajstić information content (AvgIpc) is 2.45. The highest BCUT2D eigenvalue weighted by Gasteiger charge is 2.73. The van der Waals surface area contributed by atoms with E-state index in [0.29, 0.717) is 6.08 Å². The van der Waals surface area contributed by atoms with Crippen LogP contribution in [-0.2, 0) is 4.74 Å². The maximum Gasteiger partial charge on any atom is 0.443 e. The van der Waals surface area contributed by atoms with E-state index in [1.807, 2.05) is 0 Å². The number of hydrogen-bond donors (Lipinski definition) is 0. The van der Waals surface area contributed by atoms with Crippen molar-refractivity contribution in [2.75, 3.05) is 0 Å². The van der Waals surface area contributed by atoms with Crippen LogP contribution in [-0.4, -0.2) is 29.8 Å². The van der Waals surface area contributed by atoms with Crippen molar-refractivity contribution in [2.24, 2.45) is 9.98 Å². The topological polar surface area (TPSA) is 34.0 Å². The summed E-state index contributed by atoms with van der Waals surface area (Å²) in [5.74, 6) is -1.75. The molecule has 1 aliphatic rings. The highest BCUT2D eigenvalue weighted by Crippen LogP contribution is 2.48. The summed E-state index contributed by atoms with van der Waals surface area (Å²) in [4.78, 5) is 5.32. The van der Waals surface area contributed by atoms with Crippen LogP contribution in [0.25, 0.3) is 0 Å². The molecule has 2 rings (SSSR count). The minimum Gasteiger partial charge on any atom is -0.421 e. The molecule has 0 N–H and O–H groups in total. The fourth-order valence-corrected chi connectivity index (χ4v) is 1.68. The predicted octanol–water partition coefficient (Wildman–Crippen LogP) is 3.87. The summed E-state index contributed by atoms with van der Waals surface area (Å²) in [5.41, 5.74) is -4.66. The van der Waals surface area contributed by atoms with Crippen molar-refractivity contribution >= 4 is 11.8 Å². The molecule has 3 nitrogen and oxygen atoms in total. The van der Waals surface area contributed by atoms with Gasteiger partial charge in [0.15, 0.2) is 0 Å². The van der Waals surface area contributed by atoms with Gasteiger partial charge in [0.2, 0.25) is 11.8 Å². The fourth-order valence-electron chi connectivity index (χ4n) is 1.68. The number of alkyl halides is 6. The first-order chi connectivity index (χ1) is 10.1. The molecule has 0 unspecified atom stereocenters. The van der Waals surface area contributed by atoms with Gasteiger partial charge < -0.3 is 4.74 Å². The monoisotopic (exact) mass is 322 g/mol. The number of rotatable bonds is 2. The summed E-state index contributed by atoms with van der Waals surface area (Å²) < 4.78 is 83.3. The van der Waals surface area contributed by atoms with Crippen LogP contribution in [0.3, 0.4) is 0 Å². The normalized spacial score (nSPS) is 18.1. The Morgan fingerprint density at radius 3 is 1.95 bits per heavy atom. The summed E-state index contributed by atoms with van der Waals surface area (Å²) >= 11 is 0. The second kappa shape index (κ2) is 5.15. The number of hydrogen-bond acceptors (Lipinski definition) is 3. The van der Waals surface area contributed by atoms with Gasteiger partial charge in [-0.1, -0.05) is 24.8 Å². The van der Waals surface area contributed by atoms with Gasteiger partial charge in [-0.2, -0.15) is 26.3 Å². The fraction of sp³-hybridized carbons (Fsp3) is 0.231. The summed E-state index contributed by atoms with van der Waals surface area (Å²) in [6, 6.07) is 6.91. The molecule has 1 aromatic rings. The van der Waals surface area contributed by atoms with E-state index in [-0.39, 0.29) is 5.56 Å². The molecule has 1 aromatic carbocycles. The first-order valence-corrected chi connectivity index (χ1v) is 5.79. The van der Waals surface area contributed by atoms with Crippen molar-refractivity contribution in [3.8, 4) is 0 Å². The predicted molar refractivity (Wildman–Crippen MR) is 66.5 cm³/mol. The molecule has 0 saturated heterocycles. The average molecular weight is 322 g/mol. The highest BCUT2D eigenvalue weighted by atomic mass is 19.4. The van der Waals surface area contributed by atoms with Gasteiger partial charge in [-0.15, -0.1) is 0 Å². The molecule has 0 atom stereocenters. The van der Waals surface area contributed by atoms with Gasteiger partial charge in [0.05, 0.1) is 0 Å². The summed E-state index contributed by atoms with van der Waals surface area (Å²) in [6.45, 7) is 3.10. The van der Waals surface area contributed by atoms with E-state index in [0.717, 1.165) is 0 Å². The largest absolute Gasteiger partial charge is 0.443 e. The maximum atomic E-state index is 13.1. The highest BCUT2D eigenvalue weighted by molar-refractivity contribution is 6.06. The first kappa shape index (κ1) is 16.1. The summed E-state index contributed by atoms with van der Waals surface area (Å²) in [5, 5.41) is 0. The van der Waals surface area contributed by atoms with Gasteiger partial charge in [-0.05, 0) is 18.2 Å². The Hall–Kier alpha value is -2.32. The molecule has 0 fully saturated rings. The van der Waals surface area contributed by atoms with Crippen molar-refractivity contribution in [1.29, 1.82) is 0 Å². The zero-order valence-electron chi connectivity index (χ0n) is 10.7. The third kappa shape index (κ3) is 2.58. The second-order valence-corrected chi connectivity index (χ2v) is 4.21. The van der Waals surface area contributed by atoms with Crippen molar-refractivity contribution in [1.82, 2.24) is 0 Å². The van der Waals surface area contributed by atoms with Crippen LogP contribution < -0.4 is 0 Å². The van der Waals surface area contributed by atoms with Crippen molar-refractivity contribution in [3.63, 3.8) is 0 Å². The van der Waals surface area contributed by atoms with Crippen molar-refractivity contribution < 1.29 is 31.1 Å². The van der Waals surface area contributed by atoms with Gasteiger partial charge in [-0.3, -0.25) is 0 Å². The standard InChI is InChI=1S/C13H8F6N2O/c1-2-9-20-11(12(14,15)16,13(17,18)19)21-10(22-9)8-6-4-3-5-7-8/h2-7H,1H2. The lowest BCUT2D eigenvalue weighted by atomic mass is 10.1. The molecular weight excluding hydrogens is 314 g/mol. The molecule has 0 bridgehead atoms. The lowest BCUT2D eigenvalue weighted by Crippen LogP contribution is -2.56. The van der Waals surface area contributed by atoms with Crippen LogP contribution >= 0.6 is 0 Å². The Bertz CT molecular complexity index is 616. The molecule has 0 spiro atoms. The van der Waals surface area contributed by atoms with E-state index in [1.54, 1.807) is 0 Å². The van der Waals surface area contributed by atoms with Gasteiger partial charge in [0, 0.05) is 5.56 Å². The van der Waals surface area contributed by atoms with Crippen molar-refractivity contribution in [2.45, 2.75) is 18.0 Å². The Balaban J connectivity index is 2.69. The van der Waals surface area contributed by atoms with Gasteiger partial charge in [-0.25, -0.2) is 9.98 Å². The van der Waals surface area contributed by atoms with E-state index in [1.165, 1.54) is 30.3 Å². The number of aliphatic imine (C=N–C) groups is 2. The molecular formula is C13H8F6N2O. The third-order valence-electron chi connectivity index (χ3n) is 2.72. The number of benzene rings is 1. The number of ether oxygens (including phenoxy) is 1. The first-order valence-electron chi connectivity index (χ1n) is 5.79. The molecule has 0 aromatic heterocycles. The molecule has 22 heavy (non-hydrogen) atoms. The van der Waals surface area contributed by atoms with E-state index in [4.69, 9.17) is 4.74 Å². The molecule has 0 aliphatic carbocycles. The van der Waals surface area contributed by atoms with E-state index < -0.39 is 29.8 Å². The Kier molecular flexibility index (Phi) is 3.76. The minimum atomic E-state index is -5.79. The smallest absolute Gasteiger partial charge is 0.421 e. The van der Waals surface area contributed by atoms with E-state index in [9.17, 15) is 26.3 Å². The van der Waals surface area contributed by atoms with Crippen LogP contribution in [0.2, 0.25) is 0 Å². The number of nitrogens with zero attached hydrogens (tertiary/aromatic N) is 2. The molecule has 1 heterocycles. The van der Waals surface area contributed by atoms with Gasteiger partial charge in [0.1, 0.15) is 0 Å². The van der Waals surface area contributed by atoms with Crippen LogP contribution in [0.1, 0.15) is 5.56 Å². The zero-order chi connectivity index (χ0) is 16.6. The van der Waals surface area contributed by atoms with Crippen LogP contribution in [0.4, 0.5) is 26.3 Å². The van der Waals surface area contributed by atoms with Crippen LogP contribution in [0.5, 0.6) is 0 Å². The molecule has 0 radical (unpaired) electrons. The minimum absolute atomic E-state index is 0.0466. The van der Waals surface area contributed by atoms with E-state index in [2.05, 4.69) is 16.6 Å². The second-order valence-electron chi connectivity index (χ2n) is 4.21. The lowest BCUT2D eigenvalue weighted by molar-refractivity contribution is -0.293. The molecule has 0 saturated carbocycles. The number of halogens is 6. The lowest BCUT2D eigenvalue weighted by Gasteiger charge is -2.33.